The second-order valence-corrected chi connectivity index (χ2v) is 6.29. The highest BCUT2D eigenvalue weighted by atomic mass is 16.3. The van der Waals surface area contributed by atoms with E-state index in [1.807, 2.05) is 0 Å². The Labute approximate surface area is 128 Å². The summed E-state index contributed by atoms with van der Waals surface area (Å²) in [5.41, 5.74) is 1.26. The summed E-state index contributed by atoms with van der Waals surface area (Å²) in [6.45, 7) is 4.24. The number of hydrogen-bond acceptors (Lipinski definition) is 3. The van der Waals surface area contributed by atoms with Crippen LogP contribution in [0.5, 0.6) is 0 Å². The summed E-state index contributed by atoms with van der Waals surface area (Å²) < 4.78 is 0. The molecule has 0 aliphatic heterocycles. The van der Waals surface area contributed by atoms with E-state index in [1.54, 1.807) is 0 Å². The molecule has 0 atom stereocenters. The van der Waals surface area contributed by atoms with Crippen molar-refractivity contribution in [3.05, 3.63) is 11.8 Å². The van der Waals surface area contributed by atoms with Gasteiger partial charge in [-0.3, -0.25) is 9.69 Å². The maximum absolute atomic E-state index is 12.7. The quantitative estimate of drug-likeness (QED) is 0.710. The number of allylic oxidation sites excluding steroid dienone is 2. The molecule has 0 aromatic carbocycles. The van der Waals surface area contributed by atoms with Gasteiger partial charge in [-0.1, -0.05) is 19.4 Å². The first-order chi connectivity index (χ1) is 10.3. The van der Waals surface area contributed by atoms with Gasteiger partial charge < -0.3 is 10.0 Å². The van der Waals surface area contributed by atoms with Crippen molar-refractivity contribution in [1.29, 1.82) is 0 Å². The Bertz CT molecular complexity index is 364. The predicted molar refractivity (Wildman–Crippen MR) is 84.9 cm³/mol. The fourth-order valence-electron chi connectivity index (χ4n) is 3.03. The summed E-state index contributed by atoms with van der Waals surface area (Å²) >= 11 is 0. The summed E-state index contributed by atoms with van der Waals surface area (Å²) in [4.78, 5) is 16.9. The van der Waals surface area contributed by atoms with E-state index in [9.17, 15) is 9.90 Å². The van der Waals surface area contributed by atoms with E-state index in [-0.39, 0.29) is 12.5 Å². The molecule has 4 nitrogen and oxygen atoms in total. The minimum Gasteiger partial charge on any atom is -0.395 e. The van der Waals surface area contributed by atoms with Crippen LogP contribution in [0.1, 0.15) is 58.3 Å². The average molecular weight is 294 g/mol. The molecule has 0 spiro atoms. The van der Waals surface area contributed by atoms with Crippen molar-refractivity contribution in [3.8, 4) is 0 Å². The van der Waals surface area contributed by atoms with E-state index < -0.39 is 0 Å². The minimum absolute atomic E-state index is 0.128. The van der Waals surface area contributed by atoms with Gasteiger partial charge in [-0.05, 0) is 51.5 Å². The van der Waals surface area contributed by atoms with Crippen LogP contribution in [0.2, 0.25) is 0 Å². The Morgan fingerprint density at radius 1 is 1.33 bits per heavy atom. The van der Waals surface area contributed by atoms with Crippen LogP contribution in [0.25, 0.3) is 0 Å². The lowest BCUT2D eigenvalue weighted by Gasteiger charge is -2.30. The average Bonchev–Trinajstić information content (AvgIpc) is 3.31. The van der Waals surface area contributed by atoms with Crippen molar-refractivity contribution < 1.29 is 9.90 Å². The van der Waals surface area contributed by atoms with Gasteiger partial charge in [0.1, 0.15) is 0 Å². The van der Waals surface area contributed by atoms with Crippen molar-refractivity contribution in [1.82, 2.24) is 9.80 Å². The molecule has 0 saturated heterocycles. The molecule has 2 aliphatic carbocycles. The molecule has 2 rings (SSSR count). The Balaban J connectivity index is 1.95. The van der Waals surface area contributed by atoms with Crippen LogP contribution in [0.3, 0.4) is 0 Å². The van der Waals surface area contributed by atoms with Crippen LogP contribution in [-0.2, 0) is 4.79 Å². The molecule has 2 aliphatic rings. The highest BCUT2D eigenvalue weighted by molar-refractivity contribution is 5.80. The summed E-state index contributed by atoms with van der Waals surface area (Å²) in [5, 5.41) is 9.18. The largest absolute Gasteiger partial charge is 0.395 e. The molecule has 0 unspecified atom stereocenters. The maximum atomic E-state index is 12.7. The molecule has 120 valence electrons. The fourth-order valence-corrected chi connectivity index (χ4v) is 3.03. The van der Waals surface area contributed by atoms with Crippen molar-refractivity contribution in [2.24, 2.45) is 0 Å². The lowest BCUT2D eigenvalue weighted by Crippen LogP contribution is -2.42. The number of nitrogens with zero attached hydrogens (tertiary/aromatic N) is 2. The zero-order chi connectivity index (χ0) is 15.1. The highest BCUT2D eigenvalue weighted by Crippen LogP contribution is 2.33. The first-order valence-corrected chi connectivity index (χ1v) is 8.60. The first kappa shape index (κ1) is 16.5. The second-order valence-electron chi connectivity index (χ2n) is 6.29. The van der Waals surface area contributed by atoms with Crippen LogP contribution < -0.4 is 0 Å². The molecule has 0 aromatic rings. The number of rotatable bonds is 9. The van der Waals surface area contributed by atoms with E-state index >= 15 is 0 Å². The Morgan fingerprint density at radius 2 is 2.14 bits per heavy atom. The summed E-state index contributed by atoms with van der Waals surface area (Å²) in [7, 11) is 0. The van der Waals surface area contributed by atoms with E-state index in [4.69, 9.17) is 0 Å². The van der Waals surface area contributed by atoms with E-state index in [0.717, 1.165) is 45.1 Å². The molecule has 1 amide bonds. The van der Waals surface area contributed by atoms with Crippen LogP contribution in [0.15, 0.2) is 11.8 Å². The Morgan fingerprint density at radius 3 is 2.71 bits per heavy atom. The molecule has 1 fully saturated rings. The van der Waals surface area contributed by atoms with Gasteiger partial charge in [-0.15, -0.1) is 0 Å². The van der Waals surface area contributed by atoms with Gasteiger partial charge in [-0.25, -0.2) is 0 Å². The number of carbonyl (C=O) groups excluding carboxylic acids is 1. The number of aliphatic hydroxyl groups is 1. The zero-order valence-corrected chi connectivity index (χ0v) is 13.4. The third-order valence-electron chi connectivity index (χ3n) is 4.36. The minimum atomic E-state index is 0.128. The van der Waals surface area contributed by atoms with Gasteiger partial charge in [-0.2, -0.15) is 0 Å². The smallest absolute Gasteiger partial charge is 0.241 e. The van der Waals surface area contributed by atoms with Crippen molar-refractivity contribution in [2.45, 2.75) is 64.3 Å². The SMILES string of the molecule is CCCCN(CCO)CC(=O)N(C1=CCCCC1)C1CC1. The summed E-state index contributed by atoms with van der Waals surface area (Å²) in [5.74, 6) is 0.232. The molecule has 21 heavy (non-hydrogen) atoms. The van der Waals surface area contributed by atoms with E-state index in [2.05, 4.69) is 22.8 Å². The number of aliphatic hydroxyl groups excluding tert-OH is 1. The van der Waals surface area contributed by atoms with E-state index in [0.29, 0.717) is 19.1 Å². The van der Waals surface area contributed by atoms with E-state index in [1.165, 1.54) is 18.5 Å². The van der Waals surface area contributed by atoms with Crippen LogP contribution in [0, 0.1) is 0 Å². The number of amides is 1. The van der Waals surface area contributed by atoms with Gasteiger partial charge in [0.15, 0.2) is 0 Å². The van der Waals surface area contributed by atoms with Gasteiger partial charge in [0.2, 0.25) is 5.91 Å². The van der Waals surface area contributed by atoms with Crippen molar-refractivity contribution >= 4 is 5.91 Å². The molecule has 1 saturated carbocycles. The normalized spacial score (nSPS) is 18.7. The van der Waals surface area contributed by atoms with Gasteiger partial charge >= 0.3 is 0 Å². The monoisotopic (exact) mass is 294 g/mol. The lowest BCUT2D eigenvalue weighted by atomic mass is 10.0. The first-order valence-electron chi connectivity index (χ1n) is 8.60. The van der Waals surface area contributed by atoms with Gasteiger partial charge in [0.25, 0.3) is 0 Å². The van der Waals surface area contributed by atoms with Crippen molar-refractivity contribution in [3.63, 3.8) is 0 Å². The van der Waals surface area contributed by atoms with Crippen LogP contribution in [0.4, 0.5) is 0 Å². The Kier molecular flexibility index (Phi) is 6.71. The third kappa shape index (κ3) is 5.11. The molecular formula is C17H30N2O2. The summed E-state index contributed by atoms with van der Waals surface area (Å²) in [6, 6.07) is 0.448. The third-order valence-corrected chi connectivity index (χ3v) is 4.36. The molecular weight excluding hydrogens is 264 g/mol. The second kappa shape index (κ2) is 8.54. The summed E-state index contributed by atoms with van der Waals surface area (Å²) in [6.07, 6.45) is 11.4. The molecule has 0 aromatic heterocycles. The maximum Gasteiger partial charge on any atom is 0.241 e. The molecule has 4 heteroatoms. The van der Waals surface area contributed by atoms with Crippen LogP contribution in [-0.4, -0.2) is 53.1 Å². The van der Waals surface area contributed by atoms with Gasteiger partial charge in [0.05, 0.1) is 13.2 Å². The zero-order valence-electron chi connectivity index (χ0n) is 13.4. The Hall–Kier alpha value is -0.870. The van der Waals surface area contributed by atoms with Gasteiger partial charge in [0, 0.05) is 18.3 Å². The molecule has 0 radical (unpaired) electrons. The topological polar surface area (TPSA) is 43.8 Å². The highest BCUT2D eigenvalue weighted by Gasteiger charge is 2.35. The molecule has 0 bridgehead atoms. The fraction of sp³-hybridized carbons (Fsp3) is 0.824. The molecule has 0 heterocycles. The predicted octanol–water partition coefficient (Wildman–Crippen LogP) is 2.53. The van der Waals surface area contributed by atoms with Crippen molar-refractivity contribution in [2.75, 3.05) is 26.2 Å². The number of hydrogen-bond donors (Lipinski definition) is 1. The van der Waals surface area contributed by atoms with Crippen LogP contribution >= 0.6 is 0 Å². The number of unbranched alkanes of at least 4 members (excludes halogenated alkanes) is 1. The lowest BCUT2D eigenvalue weighted by molar-refractivity contribution is -0.131. The standard InChI is InChI=1S/C17H30N2O2/c1-2-3-11-18(12-13-20)14-17(21)19(16-9-10-16)15-7-5-4-6-8-15/h7,16,20H,2-6,8-14H2,1H3. The molecule has 1 N–H and O–H groups in total. The number of carbonyl (C=O) groups is 1.